The van der Waals surface area contributed by atoms with Crippen molar-refractivity contribution in [1.82, 2.24) is 5.32 Å². The zero-order chi connectivity index (χ0) is 19.8. The van der Waals surface area contributed by atoms with Crippen LogP contribution in [0, 0.1) is 6.92 Å². The van der Waals surface area contributed by atoms with Crippen molar-refractivity contribution in [2.45, 2.75) is 6.92 Å². The molecule has 0 atom stereocenters. The maximum Gasteiger partial charge on any atom is 0.255 e. The van der Waals surface area contributed by atoms with E-state index in [-0.39, 0.29) is 18.7 Å². The lowest BCUT2D eigenvalue weighted by atomic mass is 10.2. The van der Waals surface area contributed by atoms with Gasteiger partial charge in [0.15, 0.2) is 6.61 Å². The van der Waals surface area contributed by atoms with Gasteiger partial charge in [-0.1, -0.05) is 12.1 Å². The molecule has 8 heteroatoms. The summed E-state index contributed by atoms with van der Waals surface area (Å²) in [5, 5.41) is 5.22. The fourth-order valence-electron chi connectivity index (χ4n) is 2.26. The van der Waals surface area contributed by atoms with Gasteiger partial charge in [0.1, 0.15) is 11.5 Å². The third kappa shape index (κ3) is 6.03. The number of nitrogens with two attached hydrogens (primary N) is 1. The van der Waals surface area contributed by atoms with Crippen molar-refractivity contribution < 1.29 is 23.9 Å². The molecule has 0 radical (unpaired) electrons. The summed E-state index contributed by atoms with van der Waals surface area (Å²) in [6.45, 7) is 1.39. The molecular formula is C19H21N3O5. The first-order valence-corrected chi connectivity index (χ1v) is 8.13. The number of aryl methyl sites for hydroxylation is 1. The average molecular weight is 371 g/mol. The van der Waals surface area contributed by atoms with Gasteiger partial charge in [-0.05, 0) is 42.8 Å². The van der Waals surface area contributed by atoms with Crippen molar-refractivity contribution in [3.63, 3.8) is 0 Å². The minimum absolute atomic E-state index is 0.220. The minimum atomic E-state index is -0.617. The highest BCUT2D eigenvalue weighted by atomic mass is 16.5. The Morgan fingerprint density at radius 3 is 2.59 bits per heavy atom. The summed E-state index contributed by atoms with van der Waals surface area (Å²) in [4.78, 5) is 35.1. The van der Waals surface area contributed by atoms with E-state index in [1.165, 1.54) is 13.2 Å². The highest BCUT2D eigenvalue weighted by Crippen LogP contribution is 2.24. The molecule has 0 saturated heterocycles. The number of amides is 3. The molecule has 0 spiro atoms. The molecule has 2 aromatic carbocycles. The molecule has 2 rings (SSSR count). The molecule has 4 N–H and O–H groups in total. The van der Waals surface area contributed by atoms with Crippen LogP contribution < -0.4 is 25.8 Å². The molecule has 0 fully saturated rings. The summed E-state index contributed by atoms with van der Waals surface area (Å²) in [6.07, 6.45) is 0. The number of rotatable bonds is 8. The zero-order valence-electron chi connectivity index (χ0n) is 15.1. The van der Waals surface area contributed by atoms with Crippen LogP contribution in [0.2, 0.25) is 0 Å². The average Bonchev–Trinajstić information content (AvgIpc) is 2.65. The van der Waals surface area contributed by atoms with Crippen molar-refractivity contribution in [1.29, 1.82) is 0 Å². The summed E-state index contributed by atoms with van der Waals surface area (Å²) in [6, 6.07) is 11.6. The Labute approximate surface area is 156 Å². The van der Waals surface area contributed by atoms with E-state index in [9.17, 15) is 14.4 Å². The van der Waals surface area contributed by atoms with Crippen LogP contribution in [0.25, 0.3) is 0 Å². The number of anilines is 1. The summed E-state index contributed by atoms with van der Waals surface area (Å²) in [5.74, 6) is -0.609. The standard InChI is InChI=1S/C19H21N3O5/c1-12-6-7-16(26-2)15(8-12)22-18(24)10-21-19(25)13-4-3-5-14(9-13)27-11-17(20)23/h3-9H,10-11H2,1-2H3,(H2,20,23)(H,21,25)(H,22,24). The minimum Gasteiger partial charge on any atom is -0.495 e. The maximum atomic E-state index is 12.2. The monoisotopic (exact) mass is 371 g/mol. The third-order valence-electron chi connectivity index (χ3n) is 3.52. The van der Waals surface area contributed by atoms with E-state index in [0.717, 1.165) is 5.56 Å². The Morgan fingerprint density at radius 1 is 1.11 bits per heavy atom. The van der Waals surface area contributed by atoms with Crippen molar-refractivity contribution in [3.8, 4) is 11.5 Å². The van der Waals surface area contributed by atoms with Crippen LogP contribution in [0.5, 0.6) is 11.5 Å². The van der Waals surface area contributed by atoms with Crippen molar-refractivity contribution in [2.75, 3.05) is 25.6 Å². The van der Waals surface area contributed by atoms with Crippen LogP contribution in [0.4, 0.5) is 5.69 Å². The Bertz CT molecular complexity index is 851. The Hall–Kier alpha value is -3.55. The van der Waals surface area contributed by atoms with Crippen LogP contribution in [-0.2, 0) is 9.59 Å². The van der Waals surface area contributed by atoms with Gasteiger partial charge in [-0.15, -0.1) is 0 Å². The van der Waals surface area contributed by atoms with E-state index < -0.39 is 17.7 Å². The zero-order valence-corrected chi connectivity index (χ0v) is 15.1. The Kier molecular flexibility index (Phi) is 6.76. The molecule has 0 aliphatic rings. The largest absolute Gasteiger partial charge is 0.495 e. The van der Waals surface area contributed by atoms with Gasteiger partial charge in [0.2, 0.25) is 5.91 Å². The summed E-state index contributed by atoms with van der Waals surface area (Å²) >= 11 is 0. The van der Waals surface area contributed by atoms with Gasteiger partial charge in [0.25, 0.3) is 11.8 Å². The van der Waals surface area contributed by atoms with Crippen molar-refractivity contribution in [2.24, 2.45) is 5.73 Å². The number of carbonyl (C=O) groups is 3. The summed E-state index contributed by atoms with van der Waals surface area (Å²) in [5.41, 5.74) is 6.79. The number of benzene rings is 2. The molecular weight excluding hydrogens is 350 g/mol. The second kappa shape index (κ2) is 9.23. The number of carbonyl (C=O) groups excluding carboxylic acids is 3. The number of primary amides is 1. The van der Waals surface area contributed by atoms with E-state index in [0.29, 0.717) is 17.2 Å². The number of hydrogen-bond acceptors (Lipinski definition) is 5. The van der Waals surface area contributed by atoms with Crippen molar-refractivity contribution >= 4 is 23.4 Å². The lowest BCUT2D eigenvalue weighted by Gasteiger charge is -2.12. The molecule has 3 amide bonds. The molecule has 0 aliphatic heterocycles. The molecule has 0 bridgehead atoms. The number of hydrogen-bond donors (Lipinski definition) is 3. The SMILES string of the molecule is COc1ccc(C)cc1NC(=O)CNC(=O)c1cccc(OCC(N)=O)c1. The fourth-order valence-corrected chi connectivity index (χ4v) is 2.26. The van der Waals surface area contributed by atoms with E-state index in [4.69, 9.17) is 15.2 Å². The quantitative estimate of drug-likeness (QED) is 0.645. The first-order chi connectivity index (χ1) is 12.9. The first kappa shape index (κ1) is 19.8. The van der Waals surface area contributed by atoms with Gasteiger partial charge >= 0.3 is 0 Å². The second-order valence-electron chi connectivity index (χ2n) is 5.72. The van der Waals surface area contributed by atoms with Crippen LogP contribution in [0.1, 0.15) is 15.9 Å². The third-order valence-corrected chi connectivity index (χ3v) is 3.52. The maximum absolute atomic E-state index is 12.2. The van der Waals surface area contributed by atoms with Crippen LogP contribution >= 0.6 is 0 Å². The lowest BCUT2D eigenvalue weighted by molar-refractivity contribution is -0.120. The molecule has 2 aromatic rings. The van der Waals surface area contributed by atoms with E-state index in [1.54, 1.807) is 30.3 Å². The predicted molar refractivity (Wildman–Crippen MR) is 99.8 cm³/mol. The highest BCUT2D eigenvalue weighted by molar-refractivity contribution is 6.00. The van der Waals surface area contributed by atoms with Gasteiger partial charge in [0, 0.05) is 5.56 Å². The lowest BCUT2D eigenvalue weighted by Crippen LogP contribution is -2.33. The van der Waals surface area contributed by atoms with Gasteiger partial charge in [-0.25, -0.2) is 0 Å². The van der Waals surface area contributed by atoms with Crippen LogP contribution in [0.3, 0.4) is 0 Å². The normalized spacial score (nSPS) is 10.0. The number of methoxy groups -OCH3 is 1. The fraction of sp³-hybridized carbons (Fsp3) is 0.211. The van der Waals surface area contributed by atoms with E-state index >= 15 is 0 Å². The van der Waals surface area contributed by atoms with E-state index in [1.807, 2.05) is 13.0 Å². The number of nitrogens with one attached hydrogen (secondary N) is 2. The van der Waals surface area contributed by atoms with Crippen LogP contribution in [0.15, 0.2) is 42.5 Å². The Balaban J connectivity index is 1.93. The Morgan fingerprint density at radius 2 is 1.89 bits per heavy atom. The van der Waals surface area contributed by atoms with Crippen molar-refractivity contribution in [3.05, 3.63) is 53.6 Å². The second-order valence-corrected chi connectivity index (χ2v) is 5.72. The molecule has 0 saturated carbocycles. The summed E-state index contributed by atoms with van der Waals surface area (Å²) in [7, 11) is 1.51. The molecule has 142 valence electrons. The van der Waals surface area contributed by atoms with E-state index in [2.05, 4.69) is 10.6 Å². The molecule has 0 aliphatic carbocycles. The van der Waals surface area contributed by atoms with Crippen LogP contribution in [-0.4, -0.2) is 38.0 Å². The van der Waals surface area contributed by atoms with Gasteiger partial charge in [-0.3, -0.25) is 14.4 Å². The highest BCUT2D eigenvalue weighted by Gasteiger charge is 2.11. The number of ether oxygens (including phenoxy) is 2. The smallest absolute Gasteiger partial charge is 0.255 e. The molecule has 0 aromatic heterocycles. The summed E-state index contributed by atoms with van der Waals surface area (Å²) < 4.78 is 10.4. The molecule has 0 unspecified atom stereocenters. The molecule has 0 heterocycles. The first-order valence-electron chi connectivity index (χ1n) is 8.13. The topological polar surface area (TPSA) is 120 Å². The predicted octanol–water partition coefficient (Wildman–Crippen LogP) is 1.24. The van der Waals surface area contributed by atoms with Gasteiger partial charge in [-0.2, -0.15) is 0 Å². The van der Waals surface area contributed by atoms with Gasteiger partial charge < -0.3 is 25.8 Å². The molecule has 27 heavy (non-hydrogen) atoms. The molecule has 8 nitrogen and oxygen atoms in total. The van der Waals surface area contributed by atoms with Gasteiger partial charge in [0.05, 0.1) is 19.3 Å².